The summed E-state index contributed by atoms with van der Waals surface area (Å²) in [5.41, 5.74) is 2.65. The number of carbonyl (C=O) groups excluding carboxylic acids is 1. The van der Waals surface area contributed by atoms with E-state index in [1.807, 2.05) is 60.7 Å². The molecule has 2 unspecified atom stereocenters. The lowest BCUT2D eigenvalue weighted by Crippen LogP contribution is -2.56. The third-order valence-electron chi connectivity index (χ3n) is 5.68. The number of aryl methyl sites for hydroxylation is 1. The van der Waals surface area contributed by atoms with Crippen molar-refractivity contribution in [2.45, 2.75) is 37.5 Å². The van der Waals surface area contributed by atoms with Gasteiger partial charge in [-0.15, -0.1) is 0 Å². The molecule has 3 aromatic carbocycles. The number of hydrogen-bond acceptors (Lipinski definition) is 4. The van der Waals surface area contributed by atoms with Gasteiger partial charge >= 0.3 is 12.1 Å². The zero-order valence-corrected chi connectivity index (χ0v) is 17.7. The molecule has 4 rings (SSSR count). The van der Waals surface area contributed by atoms with E-state index in [0.29, 0.717) is 11.1 Å². The Labute approximate surface area is 188 Å². The summed E-state index contributed by atoms with van der Waals surface area (Å²) in [4.78, 5) is 12.0. The summed E-state index contributed by atoms with van der Waals surface area (Å²) < 4.78 is 58.6. The molecule has 2 N–H and O–H groups in total. The van der Waals surface area contributed by atoms with Gasteiger partial charge in [-0.2, -0.15) is 13.2 Å². The summed E-state index contributed by atoms with van der Waals surface area (Å²) >= 11 is 0. The molecule has 4 nitrogen and oxygen atoms in total. The van der Waals surface area contributed by atoms with Crippen molar-refractivity contribution >= 4 is 5.97 Å². The number of rotatable bonds is 5. The van der Waals surface area contributed by atoms with Crippen LogP contribution in [0.5, 0.6) is 0 Å². The van der Waals surface area contributed by atoms with Gasteiger partial charge in [0.2, 0.25) is 5.85 Å². The molecule has 33 heavy (non-hydrogen) atoms. The van der Waals surface area contributed by atoms with Crippen LogP contribution in [0, 0.1) is 12.7 Å². The third kappa shape index (κ3) is 5.07. The molecule has 172 valence electrons. The van der Waals surface area contributed by atoms with Gasteiger partial charge in [0, 0.05) is 6.42 Å². The average molecular weight is 458 g/mol. The monoisotopic (exact) mass is 458 g/mol. The maximum absolute atomic E-state index is 14.0. The number of carbonyl (C=O) groups is 1. The molecule has 1 heterocycles. The van der Waals surface area contributed by atoms with Gasteiger partial charge in [0.1, 0.15) is 5.82 Å². The van der Waals surface area contributed by atoms with E-state index in [2.05, 4.69) is 10.6 Å². The largest absolute Gasteiger partial charge is 0.491 e. The second-order valence-corrected chi connectivity index (χ2v) is 8.03. The van der Waals surface area contributed by atoms with E-state index in [0.717, 1.165) is 11.1 Å². The van der Waals surface area contributed by atoms with Crippen LogP contribution in [-0.2, 0) is 16.0 Å². The average Bonchev–Trinajstić information content (AvgIpc) is 3.16. The Hall–Kier alpha value is -3.23. The first-order valence-corrected chi connectivity index (χ1v) is 10.4. The van der Waals surface area contributed by atoms with Gasteiger partial charge in [-0.05, 0) is 41.3 Å². The van der Waals surface area contributed by atoms with E-state index in [-0.39, 0.29) is 6.42 Å². The van der Waals surface area contributed by atoms with Crippen molar-refractivity contribution in [2.24, 2.45) is 0 Å². The van der Waals surface area contributed by atoms with Gasteiger partial charge in [0.15, 0.2) is 0 Å². The summed E-state index contributed by atoms with van der Waals surface area (Å²) in [5, 5.41) is 6.18. The van der Waals surface area contributed by atoms with Crippen LogP contribution in [0.1, 0.15) is 34.3 Å². The highest BCUT2D eigenvalue weighted by molar-refractivity contribution is 5.76. The number of nitrogens with one attached hydrogen (secondary N) is 2. The molecular weight excluding hydrogens is 436 g/mol. The minimum Gasteiger partial charge on any atom is -0.423 e. The Morgan fingerprint density at radius 1 is 0.909 bits per heavy atom. The van der Waals surface area contributed by atoms with Crippen molar-refractivity contribution < 1.29 is 27.1 Å². The molecule has 1 saturated heterocycles. The maximum Gasteiger partial charge on any atom is 0.491 e. The number of benzene rings is 3. The second-order valence-electron chi connectivity index (χ2n) is 8.03. The molecule has 0 amide bonds. The van der Waals surface area contributed by atoms with Gasteiger partial charge < -0.3 is 4.74 Å². The summed E-state index contributed by atoms with van der Waals surface area (Å²) in [6, 6.07) is 21.3. The Kier molecular flexibility index (Phi) is 6.23. The van der Waals surface area contributed by atoms with Crippen LogP contribution in [-0.4, -0.2) is 18.0 Å². The van der Waals surface area contributed by atoms with Crippen LogP contribution in [0.2, 0.25) is 0 Å². The fourth-order valence-corrected chi connectivity index (χ4v) is 4.09. The molecular formula is C25H22F4N2O2. The van der Waals surface area contributed by atoms with E-state index in [1.165, 1.54) is 18.2 Å². The first-order valence-electron chi connectivity index (χ1n) is 10.4. The SMILES string of the molecule is Cc1ccc(F)cc1CC1(OC(=O)C(F)(F)F)NC(c2ccccc2)C(c2ccccc2)N1. The predicted octanol–water partition coefficient (Wildman–Crippen LogP) is 5.11. The van der Waals surface area contributed by atoms with E-state index >= 15 is 0 Å². The molecule has 0 aromatic heterocycles. The third-order valence-corrected chi connectivity index (χ3v) is 5.68. The first kappa shape index (κ1) is 22.9. The number of halogens is 4. The molecule has 1 aliphatic heterocycles. The highest BCUT2D eigenvalue weighted by Gasteiger charge is 2.52. The Balaban J connectivity index is 1.79. The molecule has 3 aromatic rings. The van der Waals surface area contributed by atoms with E-state index < -0.39 is 35.9 Å². The smallest absolute Gasteiger partial charge is 0.423 e. The van der Waals surface area contributed by atoms with E-state index in [4.69, 9.17) is 4.74 Å². The van der Waals surface area contributed by atoms with Crippen LogP contribution < -0.4 is 10.6 Å². The Bertz CT molecular complexity index is 1070. The minimum absolute atomic E-state index is 0.217. The Morgan fingerprint density at radius 2 is 1.42 bits per heavy atom. The topological polar surface area (TPSA) is 50.4 Å². The standard InChI is InChI=1S/C25H22F4N2O2/c1-16-12-13-20(26)14-19(16)15-24(33-23(32)25(27,28)29)30-21(17-8-4-2-5-9-17)22(31-24)18-10-6-3-7-11-18/h2-14,21-22,30-31H,15H2,1H3. The molecule has 1 fully saturated rings. The molecule has 0 saturated carbocycles. The normalized spacial score (nSPS) is 22.8. The summed E-state index contributed by atoms with van der Waals surface area (Å²) in [5.74, 6) is -4.80. The highest BCUT2D eigenvalue weighted by atomic mass is 19.4. The second kappa shape index (κ2) is 8.96. The van der Waals surface area contributed by atoms with Gasteiger partial charge in [0.05, 0.1) is 12.1 Å². The van der Waals surface area contributed by atoms with Gasteiger partial charge in [0.25, 0.3) is 0 Å². The zero-order valence-electron chi connectivity index (χ0n) is 17.7. The predicted molar refractivity (Wildman–Crippen MR) is 114 cm³/mol. The lowest BCUT2D eigenvalue weighted by Gasteiger charge is -2.31. The lowest BCUT2D eigenvalue weighted by atomic mass is 9.95. The van der Waals surface area contributed by atoms with E-state index in [1.54, 1.807) is 6.92 Å². The van der Waals surface area contributed by atoms with Crippen molar-refractivity contribution in [3.63, 3.8) is 0 Å². The van der Waals surface area contributed by atoms with Crippen molar-refractivity contribution in [1.82, 2.24) is 10.6 Å². The van der Waals surface area contributed by atoms with Crippen molar-refractivity contribution in [3.8, 4) is 0 Å². The van der Waals surface area contributed by atoms with Gasteiger partial charge in [-0.1, -0.05) is 66.7 Å². The van der Waals surface area contributed by atoms with E-state index in [9.17, 15) is 22.4 Å². The van der Waals surface area contributed by atoms with Crippen LogP contribution in [0.3, 0.4) is 0 Å². The van der Waals surface area contributed by atoms with Crippen LogP contribution in [0.4, 0.5) is 17.6 Å². The van der Waals surface area contributed by atoms with Crippen molar-refractivity contribution in [1.29, 1.82) is 0 Å². The van der Waals surface area contributed by atoms with Gasteiger partial charge in [-0.25, -0.2) is 9.18 Å². The van der Waals surface area contributed by atoms with Gasteiger partial charge in [-0.3, -0.25) is 10.6 Å². The quantitative estimate of drug-likeness (QED) is 0.412. The molecule has 0 spiro atoms. The minimum atomic E-state index is -5.19. The van der Waals surface area contributed by atoms with Crippen LogP contribution in [0.25, 0.3) is 0 Å². The molecule has 1 aliphatic rings. The summed E-state index contributed by atoms with van der Waals surface area (Å²) in [7, 11) is 0. The molecule has 2 atom stereocenters. The molecule has 8 heteroatoms. The molecule has 0 aliphatic carbocycles. The first-order chi connectivity index (χ1) is 15.7. The molecule has 0 radical (unpaired) electrons. The number of esters is 1. The highest BCUT2D eigenvalue weighted by Crippen LogP contribution is 2.39. The van der Waals surface area contributed by atoms with Crippen LogP contribution >= 0.6 is 0 Å². The summed E-state index contributed by atoms with van der Waals surface area (Å²) in [6.45, 7) is 1.71. The Morgan fingerprint density at radius 3 is 1.91 bits per heavy atom. The number of alkyl halides is 3. The number of ether oxygens (including phenoxy) is 1. The fourth-order valence-electron chi connectivity index (χ4n) is 4.09. The van der Waals surface area contributed by atoms with Crippen molar-refractivity contribution in [2.75, 3.05) is 0 Å². The van der Waals surface area contributed by atoms with Crippen LogP contribution in [0.15, 0.2) is 78.9 Å². The van der Waals surface area contributed by atoms with Crippen molar-refractivity contribution in [3.05, 3.63) is 107 Å². The fraction of sp³-hybridized carbons (Fsp3) is 0.240. The maximum atomic E-state index is 14.0. The summed E-state index contributed by atoms with van der Waals surface area (Å²) in [6.07, 6.45) is -5.41. The molecule has 0 bridgehead atoms. The lowest BCUT2D eigenvalue weighted by molar-refractivity contribution is -0.218. The number of hydrogen-bond donors (Lipinski definition) is 2. The zero-order chi connectivity index (χ0) is 23.6.